The molecule has 1 atom stereocenters. The number of aromatic nitrogens is 1. The first-order valence-corrected chi connectivity index (χ1v) is 18.0. The molecule has 0 saturated carbocycles. The van der Waals surface area contributed by atoms with Gasteiger partial charge in [-0.2, -0.15) is 4.39 Å². The molecule has 0 unspecified atom stereocenters. The third kappa shape index (κ3) is 12.6. The van der Waals surface area contributed by atoms with Gasteiger partial charge in [-0.1, -0.05) is 72.8 Å². The van der Waals surface area contributed by atoms with Crippen LogP contribution in [0.25, 0.3) is 0 Å². The Kier molecular flexibility index (Phi) is 16.2. The number of allylic oxidation sites excluding steroid dienone is 1. The lowest BCUT2D eigenvalue weighted by Crippen LogP contribution is -2.59. The number of hydrogen-bond donors (Lipinski definition) is 3. The quantitative estimate of drug-likeness (QED) is 0.0559. The smallest absolute Gasteiger partial charge is 0.333 e. The van der Waals surface area contributed by atoms with Crippen LogP contribution in [0.4, 0.5) is 18.0 Å². The number of carbonyl (C=O) groups excluding carboxylic acids is 3. The minimum atomic E-state index is -2.45. The Morgan fingerprint density at radius 3 is 2.09 bits per heavy atom. The molecule has 0 aliphatic heterocycles. The second-order valence-electron chi connectivity index (χ2n) is 12.6. The fourth-order valence-corrected chi connectivity index (χ4v) is 5.78. The van der Waals surface area contributed by atoms with E-state index in [9.17, 15) is 18.8 Å². The normalized spacial score (nSPS) is 12.2. The second kappa shape index (κ2) is 21.2. The van der Waals surface area contributed by atoms with Crippen LogP contribution in [0, 0.1) is 17.6 Å². The molecular weight excluding hydrogens is 729 g/mol. The van der Waals surface area contributed by atoms with E-state index in [4.69, 9.17) is 14.2 Å². The molecule has 12 nitrogen and oxygen atoms in total. The van der Waals surface area contributed by atoms with Gasteiger partial charge >= 0.3 is 6.03 Å². The molecule has 0 radical (unpaired) electrons. The molecule has 0 bridgehead atoms. The van der Waals surface area contributed by atoms with E-state index in [1.807, 2.05) is 36.4 Å². The number of pyridine rings is 1. The Bertz CT molecular complexity index is 1890. The Balaban J connectivity index is 1.70. The lowest BCUT2D eigenvalue weighted by atomic mass is 9.88. The summed E-state index contributed by atoms with van der Waals surface area (Å²) in [4.78, 5) is 46.5. The molecule has 3 aromatic carbocycles. The highest BCUT2D eigenvalue weighted by atomic mass is 19.1. The highest BCUT2D eigenvalue weighted by molar-refractivity contribution is 5.93. The maximum atomic E-state index is 16.3. The van der Waals surface area contributed by atoms with Crippen molar-refractivity contribution in [3.63, 3.8) is 0 Å². The first kappa shape index (κ1) is 42.8. The molecule has 4 amide bonds. The van der Waals surface area contributed by atoms with Crippen LogP contribution in [-0.2, 0) is 44.3 Å². The van der Waals surface area contributed by atoms with Crippen molar-refractivity contribution in [2.24, 2.45) is 0 Å². The van der Waals surface area contributed by atoms with Gasteiger partial charge in [-0.15, -0.1) is 0 Å². The maximum absolute atomic E-state index is 16.3. The molecule has 0 aliphatic carbocycles. The van der Waals surface area contributed by atoms with Crippen LogP contribution in [0.5, 0.6) is 5.75 Å². The monoisotopic (exact) mass is 776 g/mol. The van der Waals surface area contributed by atoms with Gasteiger partial charge in [-0.3, -0.25) is 14.6 Å². The SMILES string of the molecule is CC=CN(CC(=O)N[C@](C)(C(=O)N(Cc1cccc(F)n1)CC(OCC)OCC)c1c(F)cc(OCc2ccccc2)cc1F)NC(=O)NCc1ccccc1. The summed E-state index contributed by atoms with van der Waals surface area (Å²) in [5.74, 6) is -5.26. The standard InChI is InChI=1S/C41H47F3N6O6/c1-5-21-50(48-40(53)45-24-29-15-10-8-11-16-29)26-36(51)47-41(4,38-33(42)22-32(23-34(38)43)56-28-30-17-12-9-13-18-30)39(52)49(27-37(54-6-2)55-7-3)25-31-19-14-20-35(44)46-31/h5,8-23,37H,6-7,24-28H2,1-4H3,(H,47,51)(H2,45,48,53)/t41-/m0/s1. The zero-order valence-corrected chi connectivity index (χ0v) is 31.8. The Labute approximate surface area is 324 Å². The van der Waals surface area contributed by atoms with E-state index in [2.05, 4.69) is 21.0 Å². The minimum Gasteiger partial charge on any atom is -0.489 e. The van der Waals surface area contributed by atoms with E-state index in [0.29, 0.717) is 0 Å². The van der Waals surface area contributed by atoms with Crippen molar-refractivity contribution in [3.8, 4) is 5.75 Å². The van der Waals surface area contributed by atoms with Crippen LogP contribution < -0.4 is 20.8 Å². The van der Waals surface area contributed by atoms with Crippen molar-refractivity contribution in [2.75, 3.05) is 26.3 Å². The average molecular weight is 777 g/mol. The number of halogens is 3. The van der Waals surface area contributed by atoms with Crippen molar-refractivity contribution in [1.29, 1.82) is 0 Å². The predicted octanol–water partition coefficient (Wildman–Crippen LogP) is 6.09. The van der Waals surface area contributed by atoms with Crippen LogP contribution >= 0.6 is 0 Å². The Morgan fingerprint density at radius 1 is 0.875 bits per heavy atom. The van der Waals surface area contributed by atoms with Gasteiger partial charge in [0.25, 0.3) is 5.91 Å². The van der Waals surface area contributed by atoms with Crippen LogP contribution in [0.2, 0.25) is 0 Å². The van der Waals surface area contributed by atoms with Crippen molar-refractivity contribution in [2.45, 2.75) is 59.2 Å². The summed E-state index contributed by atoms with van der Waals surface area (Å²) >= 11 is 0. The third-order valence-electron chi connectivity index (χ3n) is 8.25. The molecule has 56 heavy (non-hydrogen) atoms. The number of carbonyl (C=O) groups is 3. The van der Waals surface area contributed by atoms with Crippen LogP contribution in [-0.4, -0.2) is 65.3 Å². The number of benzene rings is 3. The average Bonchev–Trinajstić information content (AvgIpc) is 3.16. The maximum Gasteiger partial charge on any atom is 0.333 e. The molecule has 3 N–H and O–H groups in total. The number of rotatable bonds is 20. The lowest BCUT2D eigenvalue weighted by molar-refractivity contribution is -0.164. The Morgan fingerprint density at radius 2 is 1.50 bits per heavy atom. The molecule has 0 fully saturated rings. The predicted molar refractivity (Wildman–Crippen MR) is 203 cm³/mol. The van der Waals surface area contributed by atoms with Gasteiger partial charge in [-0.25, -0.2) is 24.0 Å². The largest absolute Gasteiger partial charge is 0.489 e. The number of ether oxygens (including phenoxy) is 3. The molecule has 4 rings (SSSR count). The highest BCUT2D eigenvalue weighted by Crippen LogP contribution is 2.33. The van der Waals surface area contributed by atoms with Gasteiger partial charge in [0.05, 0.1) is 24.3 Å². The van der Waals surface area contributed by atoms with Crippen molar-refractivity contribution in [3.05, 3.63) is 143 Å². The molecule has 1 heterocycles. The van der Waals surface area contributed by atoms with Gasteiger partial charge in [0.15, 0.2) is 6.29 Å². The van der Waals surface area contributed by atoms with Crippen molar-refractivity contribution < 1.29 is 41.8 Å². The van der Waals surface area contributed by atoms with E-state index in [1.54, 1.807) is 51.1 Å². The molecule has 0 saturated heterocycles. The topological polar surface area (TPSA) is 134 Å². The molecule has 0 aliphatic rings. The summed E-state index contributed by atoms with van der Waals surface area (Å²) in [6, 6.07) is 23.3. The minimum absolute atomic E-state index is 0.00334. The van der Waals surface area contributed by atoms with Crippen LogP contribution in [0.15, 0.2) is 103 Å². The van der Waals surface area contributed by atoms with Gasteiger partial charge in [0.1, 0.15) is 36.1 Å². The summed E-state index contributed by atoms with van der Waals surface area (Å²) in [6.45, 7) is 5.60. The number of amides is 4. The van der Waals surface area contributed by atoms with E-state index in [0.717, 1.165) is 46.2 Å². The first-order valence-electron chi connectivity index (χ1n) is 18.0. The molecule has 1 aromatic heterocycles. The van der Waals surface area contributed by atoms with E-state index >= 15 is 8.78 Å². The van der Waals surface area contributed by atoms with Gasteiger partial charge in [0, 0.05) is 38.1 Å². The molecule has 15 heteroatoms. The molecule has 0 spiro atoms. The van der Waals surface area contributed by atoms with Gasteiger partial charge in [0.2, 0.25) is 11.9 Å². The summed E-state index contributed by atoms with van der Waals surface area (Å²) < 4.78 is 64.0. The van der Waals surface area contributed by atoms with Gasteiger partial charge in [-0.05, 0) is 51.0 Å². The highest BCUT2D eigenvalue weighted by Gasteiger charge is 2.45. The fourth-order valence-electron chi connectivity index (χ4n) is 5.78. The van der Waals surface area contributed by atoms with Crippen molar-refractivity contribution >= 4 is 17.8 Å². The zero-order valence-electron chi connectivity index (χ0n) is 31.8. The van der Waals surface area contributed by atoms with E-state index < -0.39 is 59.4 Å². The molecular formula is C41H47F3N6O6. The van der Waals surface area contributed by atoms with Crippen LogP contribution in [0.1, 0.15) is 50.1 Å². The Hall–Kier alpha value is -5.93. The van der Waals surface area contributed by atoms with Crippen LogP contribution in [0.3, 0.4) is 0 Å². The van der Waals surface area contributed by atoms with Gasteiger partial charge < -0.3 is 29.7 Å². The van der Waals surface area contributed by atoms with E-state index in [1.165, 1.54) is 18.3 Å². The fraction of sp³-hybridized carbons (Fsp3) is 0.317. The van der Waals surface area contributed by atoms with E-state index in [-0.39, 0.29) is 50.9 Å². The number of nitrogens with zero attached hydrogens (tertiary/aromatic N) is 3. The summed E-state index contributed by atoms with van der Waals surface area (Å²) in [6.07, 6.45) is 1.95. The number of hydrogen-bond acceptors (Lipinski definition) is 8. The summed E-state index contributed by atoms with van der Waals surface area (Å²) in [5.41, 5.74) is 0.990. The second-order valence-corrected chi connectivity index (χ2v) is 12.6. The third-order valence-corrected chi connectivity index (χ3v) is 8.25. The number of urea groups is 1. The summed E-state index contributed by atoms with van der Waals surface area (Å²) in [5, 5.41) is 6.36. The zero-order chi connectivity index (χ0) is 40.5. The molecule has 298 valence electrons. The first-order chi connectivity index (χ1) is 26.9. The number of hydrazine groups is 1. The lowest BCUT2D eigenvalue weighted by Gasteiger charge is -2.37. The van der Waals surface area contributed by atoms with Crippen molar-refractivity contribution in [1.82, 2.24) is 31.0 Å². The number of nitrogens with one attached hydrogen (secondary N) is 3. The summed E-state index contributed by atoms with van der Waals surface area (Å²) in [7, 11) is 0. The molecule has 4 aromatic rings.